The lowest BCUT2D eigenvalue weighted by Gasteiger charge is -2.20. The van der Waals surface area contributed by atoms with Crippen molar-refractivity contribution in [3.05, 3.63) is 29.8 Å². The Balaban J connectivity index is 1.63. The number of ether oxygens (including phenoxy) is 1. The van der Waals surface area contributed by atoms with Crippen molar-refractivity contribution in [3.8, 4) is 5.75 Å². The van der Waals surface area contributed by atoms with Gasteiger partial charge in [0.1, 0.15) is 12.4 Å². The smallest absolute Gasteiger partial charge is 0.188 e. The van der Waals surface area contributed by atoms with E-state index in [1.807, 2.05) is 24.3 Å². The van der Waals surface area contributed by atoms with Crippen molar-refractivity contribution in [3.63, 3.8) is 0 Å². The second kappa shape index (κ2) is 8.63. The van der Waals surface area contributed by atoms with Crippen LogP contribution in [-0.4, -0.2) is 49.7 Å². The molecule has 5 heteroatoms. The molecule has 1 unspecified atom stereocenters. The number of nitrogens with two attached hydrogens (primary N) is 1. The largest absolute Gasteiger partial charge is 0.492 e. The predicted octanol–water partition coefficient (Wildman–Crippen LogP) is 1.76. The van der Waals surface area contributed by atoms with Crippen LogP contribution in [0.4, 0.5) is 0 Å². The molecular weight excluding hydrogens is 276 g/mol. The summed E-state index contributed by atoms with van der Waals surface area (Å²) in [6.07, 6.45) is 2.49. The normalized spacial score (nSPS) is 19.4. The quantitative estimate of drug-likeness (QED) is 0.458. The standard InChI is InChI=1S/C17H28N4O/c1-3-21-11-4-5-15(21)13-20-17(18)19-10-12-22-16-8-6-14(2)7-9-16/h6-9,15H,3-5,10-13H2,1-2H3,(H3,18,19,20). The van der Waals surface area contributed by atoms with Gasteiger partial charge in [0.05, 0.1) is 13.1 Å². The lowest BCUT2D eigenvalue weighted by atomic mass is 10.2. The van der Waals surface area contributed by atoms with Gasteiger partial charge in [0.25, 0.3) is 0 Å². The fourth-order valence-electron chi connectivity index (χ4n) is 2.76. The molecule has 0 saturated carbocycles. The Morgan fingerprint density at radius 1 is 1.41 bits per heavy atom. The second-order valence-electron chi connectivity index (χ2n) is 5.74. The van der Waals surface area contributed by atoms with Gasteiger partial charge in [-0.2, -0.15) is 0 Å². The first-order chi connectivity index (χ1) is 10.7. The highest BCUT2D eigenvalue weighted by Crippen LogP contribution is 2.16. The third kappa shape index (κ3) is 5.22. The molecule has 1 saturated heterocycles. The number of likely N-dealkylation sites (N-methyl/N-ethyl adjacent to an activating group) is 1. The number of hydrogen-bond donors (Lipinski definition) is 2. The fourth-order valence-corrected chi connectivity index (χ4v) is 2.76. The Morgan fingerprint density at radius 3 is 2.91 bits per heavy atom. The number of guanidine groups is 1. The zero-order valence-electron chi connectivity index (χ0n) is 13.7. The van der Waals surface area contributed by atoms with Crippen molar-refractivity contribution >= 4 is 5.96 Å². The first-order valence-electron chi connectivity index (χ1n) is 8.16. The predicted molar refractivity (Wildman–Crippen MR) is 91.4 cm³/mol. The van der Waals surface area contributed by atoms with Crippen molar-refractivity contribution in [1.29, 1.82) is 0 Å². The Bertz CT molecular complexity index is 472. The van der Waals surface area contributed by atoms with Crippen LogP contribution in [0.25, 0.3) is 0 Å². The number of aliphatic imine (C=N–C) groups is 1. The van der Waals surface area contributed by atoms with E-state index in [9.17, 15) is 0 Å². The summed E-state index contributed by atoms with van der Waals surface area (Å²) >= 11 is 0. The van der Waals surface area contributed by atoms with Gasteiger partial charge in [0, 0.05) is 6.04 Å². The molecule has 3 N–H and O–H groups in total. The van der Waals surface area contributed by atoms with E-state index in [-0.39, 0.29) is 0 Å². The van der Waals surface area contributed by atoms with Gasteiger partial charge in [-0.25, -0.2) is 0 Å². The topological polar surface area (TPSA) is 62.9 Å². The molecule has 1 aliphatic rings. The van der Waals surface area contributed by atoms with Crippen LogP contribution < -0.4 is 15.8 Å². The van der Waals surface area contributed by atoms with Gasteiger partial charge in [-0.05, 0) is 45.0 Å². The van der Waals surface area contributed by atoms with Crippen LogP contribution in [0.5, 0.6) is 5.75 Å². The number of rotatable bonds is 7. The summed E-state index contributed by atoms with van der Waals surface area (Å²) in [5, 5.41) is 3.11. The van der Waals surface area contributed by atoms with Gasteiger partial charge in [-0.15, -0.1) is 0 Å². The van der Waals surface area contributed by atoms with Crippen LogP contribution in [0.1, 0.15) is 25.3 Å². The highest BCUT2D eigenvalue weighted by molar-refractivity contribution is 5.77. The van der Waals surface area contributed by atoms with Crippen LogP contribution in [-0.2, 0) is 0 Å². The summed E-state index contributed by atoms with van der Waals surface area (Å²) in [7, 11) is 0. The van der Waals surface area contributed by atoms with E-state index in [0.717, 1.165) is 18.8 Å². The summed E-state index contributed by atoms with van der Waals surface area (Å²) < 4.78 is 5.64. The van der Waals surface area contributed by atoms with Gasteiger partial charge in [0.2, 0.25) is 0 Å². The Morgan fingerprint density at radius 2 is 2.18 bits per heavy atom. The van der Waals surface area contributed by atoms with Crippen LogP contribution in [0.2, 0.25) is 0 Å². The second-order valence-corrected chi connectivity index (χ2v) is 5.74. The molecule has 5 nitrogen and oxygen atoms in total. The third-order valence-corrected chi connectivity index (χ3v) is 4.08. The minimum atomic E-state index is 0.510. The summed E-state index contributed by atoms with van der Waals surface area (Å²) in [6, 6.07) is 8.59. The highest BCUT2D eigenvalue weighted by atomic mass is 16.5. The monoisotopic (exact) mass is 304 g/mol. The van der Waals surface area contributed by atoms with Gasteiger partial charge in [-0.1, -0.05) is 24.6 Å². The SMILES string of the molecule is CCN1CCCC1CN=C(N)NCCOc1ccc(C)cc1. The molecule has 0 amide bonds. The van der Waals surface area contributed by atoms with Crippen LogP contribution in [0.3, 0.4) is 0 Å². The summed E-state index contributed by atoms with van der Waals surface area (Å²) in [6.45, 7) is 8.56. The van der Waals surface area contributed by atoms with Crippen molar-refractivity contribution in [2.45, 2.75) is 32.7 Å². The van der Waals surface area contributed by atoms with Gasteiger partial charge in [0.15, 0.2) is 5.96 Å². The van der Waals surface area contributed by atoms with E-state index < -0.39 is 0 Å². The van der Waals surface area contributed by atoms with Crippen LogP contribution in [0, 0.1) is 6.92 Å². The molecule has 1 aromatic rings. The molecule has 1 heterocycles. The van der Waals surface area contributed by atoms with E-state index in [2.05, 4.69) is 29.1 Å². The maximum atomic E-state index is 5.90. The molecule has 0 radical (unpaired) electrons. The van der Waals surface area contributed by atoms with Crippen molar-refractivity contribution < 1.29 is 4.74 Å². The van der Waals surface area contributed by atoms with E-state index in [0.29, 0.717) is 25.2 Å². The number of likely N-dealkylation sites (tertiary alicyclic amines) is 1. The van der Waals surface area contributed by atoms with E-state index >= 15 is 0 Å². The third-order valence-electron chi connectivity index (χ3n) is 4.08. The minimum Gasteiger partial charge on any atom is -0.492 e. The van der Waals surface area contributed by atoms with Crippen LogP contribution in [0.15, 0.2) is 29.3 Å². The first-order valence-corrected chi connectivity index (χ1v) is 8.16. The zero-order valence-corrected chi connectivity index (χ0v) is 13.7. The fraction of sp³-hybridized carbons (Fsp3) is 0.588. The summed E-state index contributed by atoms with van der Waals surface area (Å²) in [5.74, 6) is 1.39. The molecule has 0 bridgehead atoms. The average molecular weight is 304 g/mol. The number of benzene rings is 1. The van der Waals surface area contributed by atoms with Gasteiger partial charge < -0.3 is 15.8 Å². The highest BCUT2D eigenvalue weighted by Gasteiger charge is 2.22. The first kappa shape index (κ1) is 16.6. The molecule has 0 aromatic heterocycles. The number of nitrogens with zero attached hydrogens (tertiary/aromatic N) is 2. The number of aryl methyl sites for hydroxylation is 1. The maximum absolute atomic E-state index is 5.90. The zero-order chi connectivity index (χ0) is 15.8. The number of nitrogens with one attached hydrogen (secondary N) is 1. The van der Waals surface area contributed by atoms with Crippen molar-refractivity contribution in [1.82, 2.24) is 10.2 Å². The molecular formula is C17H28N4O. The number of hydrogen-bond acceptors (Lipinski definition) is 3. The molecule has 1 aliphatic heterocycles. The Labute approximate surface area is 133 Å². The average Bonchev–Trinajstić information content (AvgIpc) is 2.99. The van der Waals surface area contributed by atoms with Crippen molar-refractivity contribution in [2.24, 2.45) is 10.7 Å². The molecule has 2 rings (SSSR count). The Kier molecular flexibility index (Phi) is 6.52. The maximum Gasteiger partial charge on any atom is 0.188 e. The minimum absolute atomic E-state index is 0.510. The molecule has 1 aromatic carbocycles. The lowest BCUT2D eigenvalue weighted by Crippen LogP contribution is -2.37. The van der Waals surface area contributed by atoms with Gasteiger partial charge in [-0.3, -0.25) is 9.89 Å². The van der Waals surface area contributed by atoms with Crippen molar-refractivity contribution in [2.75, 3.05) is 32.8 Å². The summed E-state index contributed by atoms with van der Waals surface area (Å²) in [5.41, 5.74) is 7.13. The molecule has 1 fully saturated rings. The lowest BCUT2D eigenvalue weighted by molar-refractivity contribution is 0.273. The van der Waals surface area contributed by atoms with E-state index in [1.165, 1.54) is 24.9 Å². The molecule has 122 valence electrons. The molecule has 22 heavy (non-hydrogen) atoms. The molecule has 0 aliphatic carbocycles. The van der Waals surface area contributed by atoms with E-state index in [1.54, 1.807) is 0 Å². The molecule has 1 atom stereocenters. The molecule has 0 spiro atoms. The summed E-state index contributed by atoms with van der Waals surface area (Å²) in [4.78, 5) is 6.92. The van der Waals surface area contributed by atoms with E-state index in [4.69, 9.17) is 10.5 Å². The van der Waals surface area contributed by atoms with Crippen LogP contribution >= 0.6 is 0 Å². The Hall–Kier alpha value is -1.75. The van der Waals surface area contributed by atoms with Gasteiger partial charge >= 0.3 is 0 Å².